The molecule has 3 rings (SSSR count). The molecule has 0 aromatic heterocycles. The molecule has 0 fully saturated rings. The molecule has 2 aromatic carbocycles. The summed E-state index contributed by atoms with van der Waals surface area (Å²) in [4.78, 5) is 23.1. The van der Waals surface area contributed by atoms with E-state index in [0.717, 1.165) is 5.56 Å². The van der Waals surface area contributed by atoms with E-state index < -0.39 is 4.92 Å². The number of rotatable bonds is 2. The largest absolute Gasteiger partial charge is 0.492 e. The Hall–Kier alpha value is -2.95. The van der Waals surface area contributed by atoms with Crippen molar-refractivity contribution >= 4 is 17.5 Å². The molecule has 1 aliphatic rings. The summed E-state index contributed by atoms with van der Waals surface area (Å²) >= 11 is 0. The maximum atomic E-state index is 12.7. The van der Waals surface area contributed by atoms with Gasteiger partial charge in [0.1, 0.15) is 5.75 Å². The minimum Gasteiger partial charge on any atom is -0.492 e. The van der Waals surface area contributed by atoms with Gasteiger partial charge < -0.3 is 4.74 Å². The maximum Gasteiger partial charge on any atom is 0.270 e. The molecule has 0 saturated heterocycles. The molecule has 0 atom stereocenters. The first-order valence-corrected chi connectivity index (χ1v) is 7.28. The molecular formula is C18H15NO4. The van der Waals surface area contributed by atoms with Crippen LogP contribution in [0.15, 0.2) is 48.0 Å². The zero-order chi connectivity index (χ0) is 16.4. The van der Waals surface area contributed by atoms with Crippen LogP contribution >= 0.6 is 0 Å². The van der Waals surface area contributed by atoms with Crippen molar-refractivity contribution in [3.63, 3.8) is 0 Å². The summed E-state index contributed by atoms with van der Waals surface area (Å²) in [6, 6.07) is 11.7. The van der Waals surface area contributed by atoms with Crippen LogP contribution in [0.2, 0.25) is 0 Å². The summed E-state index contributed by atoms with van der Waals surface area (Å²) in [7, 11) is 0. The standard InChI is InChI=1S/C18H15NO4/c1-12-4-2-7-16-17(20)14(8-9-23-18(12)16)10-13-5-3-6-15(11-13)19(21)22/h2-7,10-11H,8-9H2,1H3. The van der Waals surface area contributed by atoms with Gasteiger partial charge in [0.25, 0.3) is 5.69 Å². The molecular weight excluding hydrogens is 294 g/mol. The lowest BCUT2D eigenvalue weighted by molar-refractivity contribution is -0.384. The lowest BCUT2D eigenvalue weighted by Gasteiger charge is -2.08. The van der Waals surface area contributed by atoms with Gasteiger partial charge >= 0.3 is 0 Å². The van der Waals surface area contributed by atoms with Crippen LogP contribution in [0.5, 0.6) is 5.75 Å². The fourth-order valence-corrected chi connectivity index (χ4v) is 2.64. The zero-order valence-corrected chi connectivity index (χ0v) is 12.6. The van der Waals surface area contributed by atoms with E-state index in [0.29, 0.717) is 35.5 Å². The van der Waals surface area contributed by atoms with E-state index in [-0.39, 0.29) is 11.5 Å². The number of ether oxygens (including phenoxy) is 1. The van der Waals surface area contributed by atoms with Gasteiger partial charge in [-0.25, -0.2) is 0 Å². The van der Waals surface area contributed by atoms with Gasteiger partial charge in [-0.15, -0.1) is 0 Å². The summed E-state index contributed by atoms with van der Waals surface area (Å²) in [5.74, 6) is 0.535. The molecule has 2 aromatic rings. The first-order valence-electron chi connectivity index (χ1n) is 7.28. The monoisotopic (exact) mass is 309 g/mol. The Morgan fingerprint density at radius 3 is 2.78 bits per heavy atom. The number of aryl methyl sites for hydroxylation is 1. The average molecular weight is 309 g/mol. The smallest absolute Gasteiger partial charge is 0.270 e. The van der Waals surface area contributed by atoms with E-state index in [1.807, 2.05) is 19.1 Å². The molecule has 0 amide bonds. The van der Waals surface area contributed by atoms with E-state index in [1.54, 1.807) is 24.3 Å². The Kier molecular flexibility index (Phi) is 3.93. The van der Waals surface area contributed by atoms with Gasteiger partial charge in [-0.1, -0.05) is 24.3 Å². The fourth-order valence-electron chi connectivity index (χ4n) is 2.64. The number of hydrogen-bond acceptors (Lipinski definition) is 4. The summed E-state index contributed by atoms with van der Waals surface area (Å²) in [6.45, 7) is 2.31. The van der Waals surface area contributed by atoms with Crippen molar-refractivity contribution in [2.24, 2.45) is 0 Å². The Morgan fingerprint density at radius 2 is 2.00 bits per heavy atom. The van der Waals surface area contributed by atoms with Crippen LogP contribution in [0, 0.1) is 17.0 Å². The predicted molar refractivity (Wildman–Crippen MR) is 86.7 cm³/mol. The molecule has 0 N–H and O–H groups in total. The second kappa shape index (κ2) is 6.04. The van der Waals surface area contributed by atoms with Crippen LogP contribution in [0.4, 0.5) is 5.69 Å². The molecule has 0 aliphatic carbocycles. The van der Waals surface area contributed by atoms with Gasteiger partial charge in [-0.3, -0.25) is 14.9 Å². The topological polar surface area (TPSA) is 69.4 Å². The third-order valence-electron chi connectivity index (χ3n) is 3.79. The average Bonchev–Trinajstić information content (AvgIpc) is 2.69. The summed E-state index contributed by atoms with van der Waals surface area (Å²) in [6.07, 6.45) is 2.17. The highest BCUT2D eigenvalue weighted by atomic mass is 16.6. The number of fused-ring (bicyclic) bond motifs is 1. The van der Waals surface area contributed by atoms with E-state index in [2.05, 4.69) is 0 Å². The molecule has 1 aliphatic heterocycles. The number of hydrogen-bond donors (Lipinski definition) is 0. The number of carbonyl (C=O) groups is 1. The van der Waals surface area contributed by atoms with Crippen LogP contribution in [0.25, 0.3) is 6.08 Å². The minimum absolute atomic E-state index is 0.00733. The number of nitro groups is 1. The van der Waals surface area contributed by atoms with Crippen molar-refractivity contribution in [2.75, 3.05) is 6.61 Å². The van der Waals surface area contributed by atoms with Gasteiger partial charge in [0.2, 0.25) is 0 Å². The lowest BCUT2D eigenvalue weighted by atomic mass is 9.97. The van der Waals surface area contributed by atoms with Crippen LogP contribution in [-0.4, -0.2) is 17.3 Å². The molecule has 0 bridgehead atoms. The van der Waals surface area contributed by atoms with Gasteiger partial charge in [-0.05, 0) is 30.2 Å². The molecule has 5 nitrogen and oxygen atoms in total. The van der Waals surface area contributed by atoms with Crippen molar-refractivity contribution in [3.8, 4) is 5.75 Å². The predicted octanol–water partition coefficient (Wildman–Crippen LogP) is 3.95. The normalized spacial score (nSPS) is 15.7. The number of para-hydroxylation sites is 1. The number of Topliss-reactive ketones (excluding diaryl/α,β-unsaturated/α-hetero) is 1. The fraction of sp³-hybridized carbons (Fsp3) is 0.167. The van der Waals surface area contributed by atoms with Crippen molar-refractivity contribution < 1.29 is 14.5 Å². The van der Waals surface area contributed by atoms with Crippen LogP contribution < -0.4 is 4.74 Å². The van der Waals surface area contributed by atoms with Crippen molar-refractivity contribution in [1.82, 2.24) is 0 Å². The quantitative estimate of drug-likeness (QED) is 0.478. The number of ketones is 1. The molecule has 116 valence electrons. The van der Waals surface area contributed by atoms with E-state index in [1.165, 1.54) is 12.1 Å². The number of non-ortho nitro benzene ring substituents is 1. The third kappa shape index (κ3) is 2.99. The number of nitro benzene ring substituents is 1. The summed E-state index contributed by atoms with van der Waals surface area (Å²) in [5.41, 5.74) is 2.70. The number of nitrogens with zero attached hydrogens (tertiary/aromatic N) is 1. The van der Waals surface area contributed by atoms with E-state index >= 15 is 0 Å². The van der Waals surface area contributed by atoms with E-state index in [4.69, 9.17) is 4.74 Å². The van der Waals surface area contributed by atoms with Gasteiger partial charge in [-0.2, -0.15) is 0 Å². The molecule has 0 spiro atoms. The summed E-state index contributed by atoms with van der Waals surface area (Å²) < 4.78 is 5.71. The highest BCUT2D eigenvalue weighted by Gasteiger charge is 2.22. The molecule has 23 heavy (non-hydrogen) atoms. The maximum absolute atomic E-state index is 12.7. The Balaban J connectivity index is 2.02. The highest BCUT2D eigenvalue weighted by molar-refractivity contribution is 6.13. The second-order valence-electron chi connectivity index (χ2n) is 5.40. The molecule has 5 heteroatoms. The van der Waals surface area contributed by atoms with Gasteiger partial charge in [0, 0.05) is 24.1 Å². The Bertz CT molecular complexity index is 824. The minimum atomic E-state index is -0.446. The van der Waals surface area contributed by atoms with Crippen LogP contribution in [0.3, 0.4) is 0 Å². The molecule has 0 unspecified atom stereocenters. The van der Waals surface area contributed by atoms with Gasteiger partial charge in [0.05, 0.1) is 17.1 Å². The van der Waals surface area contributed by atoms with E-state index in [9.17, 15) is 14.9 Å². The SMILES string of the molecule is Cc1cccc2c1OCCC(=Cc1cccc([N+](=O)[O-])c1)C2=O. The Morgan fingerprint density at radius 1 is 1.22 bits per heavy atom. The molecule has 1 heterocycles. The first kappa shape index (κ1) is 15.0. The van der Waals surface area contributed by atoms with Crippen molar-refractivity contribution in [1.29, 1.82) is 0 Å². The highest BCUT2D eigenvalue weighted by Crippen LogP contribution is 2.30. The van der Waals surface area contributed by atoms with Crippen molar-refractivity contribution in [3.05, 3.63) is 74.8 Å². The van der Waals surface area contributed by atoms with Crippen molar-refractivity contribution in [2.45, 2.75) is 13.3 Å². The first-order chi connectivity index (χ1) is 11.1. The lowest BCUT2D eigenvalue weighted by Crippen LogP contribution is -2.02. The Labute approximate surface area is 133 Å². The third-order valence-corrected chi connectivity index (χ3v) is 3.79. The zero-order valence-electron chi connectivity index (χ0n) is 12.6. The number of benzene rings is 2. The molecule has 0 radical (unpaired) electrons. The molecule has 0 saturated carbocycles. The second-order valence-corrected chi connectivity index (χ2v) is 5.40. The van der Waals surface area contributed by atoms with Crippen LogP contribution in [0.1, 0.15) is 27.9 Å². The number of carbonyl (C=O) groups excluding carboxylic acids is 1. The van der Waals surface area contributed by atoms with Gasteiger partial charge in [0.15, 0.2) is 5.78 Å². The van der Waals surface area contributed by atoms with Crippen LogP contribution in [-0.2, 0) is 0 Å². The summed E-state index contributed by atoms with van der Waals surface area (Å²) in [5, 5.41) is 10.9.